The van der Waals surface area contributed by atoms with Crippen LogP contribution in [0.4, 0.5) is 5.13 Å². The minimum Gasteiger partial charge on any atom is -0.302 e. The molecule has 0 aliphatic heterocycles. The number of unbranched alkanes of at least 4 members (excludes halogenated alkanes) is 2. The van der Waals surface area contributed by atoms with Gasteiger partial charge in [0.1, 0.15) is 0 Å². The minimum atomic E-state index is 0.0586. The van der Waals surface area contributed by atoms with Gasteiger partial charge in [0, 0.05) is 17.4 Å². The second kappa shape index (κ2) is 7.20. The van der Waals surface area contributed by atoms with E-state index in [2.05, 4.69) is 48.4 Å². The molecule has 2 rings (SSSR count). The Morgan fingerprint density at radius 3 is 2.70 bits per heavy atom. The van der Waals surface area contributed by atoms with Gasteiger partial charge in [-0.15, -0.1) is 11.3 Å². The molecule has 1 aromatic carbocycles. The summed E-state index contributed by atoms with van der Waals surface area (Å²) in [6.45, 7) is 4.19. The summed E-state index contributed by atoms with van der Waals surface area (Å²) in [6, 6.07) is 8.24. The van der Waals surface area contributed by atoms with Gasteiger partial charge < -0.3 is 5.32 Å². The normalized spacial score (nSPS) is 10.5. The van der Waals surface area contributed by atoms with E-state index in [0.29, 0.717) is 11.6 Å². The van der Waals surface area contributed by atoms with Crippen molar-refractivity contribution < 1.29 is 4.79 Å². The molecule has 20 heavy (non-hydrogen) atoms. The number of aromatic nitrogens is 1. The second-order valence-corrected chi connectivity index (χ2v) is 5.77. The van der Waals surface area contributed by atoms with Crippen molar-refractivity contribution in [1.82, 2.24) is 4.98 Å². The number of anilines is 1. The topological polar surface area (TPSA) is 42.0 Å². The van der Waals surface area contributed by atoms with Gasteiger partial charge in [-0.1, -0.05) is 49.6 Å². The molecule has 0 atom stereocenters. The maximum Gasteiger partial charge on any atom is 0.226 e. The monoisotopic (exact) mass is 288 g/mol. The van der Waals surface area contributed by atoms with E-state index in [4.69, 9.17) is 0 Å². The Kier molecular flexibility index (Phi) is 5.30. The lowest BCUT2D eigenvalue weighted by molar-refractivity contribution is -0.116. The SMILES string of the molecule is CCCCCC(=O)Nc1nc(-c2ccc(C)cc2)cs1. The molecule has 0 fully saturated rings. The number of nitrogens with one attached hydrogen (secondary N) is 1. The van der Waals surface area contributed by atoms with Gasteiger partial charge in [-0.3, -0.25) is 4.79 Å². The van der Waals surface area contributed by atoms with Crippen LogP contribution in [0.1, 0.15) is 38.2 Å². The smallest absolute Gasteiger partial charge is 0.226 e. The van der Waals surface area contributed by atoms with E-state index in [1.165, 1.54) is 16.9 Å². The number of rotatable bonds is 6. The highest BCUT2D eigenvalue weighted by Crippen LogP contribution is 2.25. The number of aryl methyl sites for hydroxylation is 1. The highest BCUT2D eigenvalue weighted by Gasteiger charge is 2.07. The largest absolute Gasteiger partial charge is 0.302 e. The van der Waals surface area contributed by atoms with Gasteiger partial charge in [-0.2, -0.15) is 0 Å². The predicted molar refractivity (Wildman–Crippen MR) is 85.1 cm³/mol. The van der Waals surface area contributed by atoms with E-state index in [-0.39, 0.29) is 5.91 Å². The number of thiazole rings is 1. The van der Waals surface area contributed by atoms with Gasteiger partial charge >= 0.3 is 0 Å². The van der Waals surface area contributed by atoms with Crippen molar-refractivity contribution in [3.63, 3.8) is 0 Å². The van der Waals surface area contributed by atoms with Gasteiger partial charge in [0.05, 0.1) is 5.69 Å². The Morgan fingerprint density at radius 2 is 2.00 bits per heavy atom. The molecule has 1 aromatic heterocycles. The predicted octanol–water partition coefficient (Wildman–Crippen LogP) is 4.64. The van der Waals surface area contributed by atoms with Crippen molar-refractivity contribution in [3.8, 4) is 11.3 Å². The molecule has 0 saturated carbocycles. The van der Waals surface area contributed by atoms with E-state index < -0.39 is 0 Å². The van der Waals surface area contributed by atoms with Crippen LogP contribution in [0.15, 0.2) is 29.6 Å². The summed E-state index contributed by atoms with van der Waals surface area (Å²) in [6.07, 6.45) is 3.74. The third-order valence-corrected chi connectivity index (χ3v) is 3.86. The summed E-state index contributed by atoms with van der Waals surface area (Å²) in [5.74, 6) is 0.0586. The molecular formula is C16H20N2OS. The van der Waals surface area contributed by atoms with Gasteiger partial charge in [0.25, 0.3) is 0 Å². The maximum absolute atomic E-state index is 11.7. The molecule has 1 heterocycles. The molecule has 0 unspecified atom stereocenters. The van der Waals surface area contributed by atoms with Gasteiger partial charge in [-0.25, -0.2) is 4.98 Å². The first-order valence-corrected chi connectivity index (χ1v) is 7.89. The molecule has 0 spiro atoms. The molecule has 0 aliphatic rings. The summed E-state index contributed by atoms with van der Waals surface area (Å²) in [5.41, 5.74) is 3.23. The lowest BCUT2D eigenvalue weighted by atomic mass is 10.1. The van der Waals surface area contributed by atoms with Gasteiger partial charge in [0.2, 0.25) is 5.91 Å². The number of carbonyl (C=O) groups is 1. The zero-order valence-electron chi connectivity index (χ0n) is 12.0. The Bertz CT molecular complexity index is 560. The summed E-state index contributed by atoms with van der Waals surface area (Å²) >= 11 is 1.47. The second-order valence-electron chi connectivity index (χ2n) is 4.91. The first kappa shape index (κ1) is 14.7. The first-order chi connectivity index (χ1) is 9.69. The van der Waals surface area contributed by atoms with Crippen molar-refractivity contribution in [3.05, 3.63) is 35.2 Å². The molecule has 2 aromatic rings. The molecule has 0 radical (unpaired) electrons. The summed E-state index contributed by atoms with van der Waals surface area (Å²) < 4.78 is 0. The summed E-state index contributed by atoms with van der Waals surface area (Å²) in [4.78, 5) is 16.2. The van der Waals surface area contributed by atoms with Crippen LogP contribution in [-0.2, 0) is 4.79 Å². The van der Waals surface area contributed by atoms with E-state index in [1.54, 1.807) is 0 Å². The molecule has 0 aliphatic carbocycles. The molecule has 0 saturated heterocycles. The average Bonchev–Trinajstić information content (AvgIpc) is 2.88. The Balaban J connectivity index is 1.95. The van der Waals surface area contributed by atoms with Crippen molar-refractivity contribution in [1.29, 1.82) is 0 Å². The molecule has 0 bridgehead atoms. The summed E-state index contributed by atoms with van der Waals surface area (Å²) in [7, 11) is 0. The fourth-order valence-corrected chi connectivity index (χ4v) is 2.64. The van der Waals surface area contributed by atoms with Gasteiger partial charge in [0.15, 0.2) is 5.13 Å². The zero-order valence-corrected chi connectivity index (χ0v) is 12.8. The standard InChI is InChI=1S/C16H20N2OS/c1-3-4-5-6-15(19)18-16-17-14(11-20-16)13-9-7-12(2)8-10-13/h7-11H,3-6H2,1-2H3,(H,17,18,19). The van der Waals surface area contributed by atoms with Crippen LogP contribution < -0.4 is 5.32 Å². The van der Waals surface area contributed by atoms with Crippen LogP contribution in [0.5, 0.6) is 0 Å². The lowest BCUT2D eigenvalue weighted by Gasteiger charge is -2.01. The number of amides is 1. The number of hydrogen-bond acceptors (Lipinski definition) is 3. The van der Waals surface area contributed by atoms with E-state index >= 15 is 0 Å². The Morgan fingerprint density at radius 1 is 1.25 bits per heavy atom. The van der Waals surface area contributed by atoms with Crippen LogP contribution in [0.25, 0.3) is 11.3 Å². The van der Waals surface area contributed by atoms with Crippen molar-refractivity contribution in [2.75, 3.05) is 5.32 Å². The maximum atomic E-state index is 11.7. The Hall–Kier alpha value is -1.68. The third-order valence-electron chi connectivity index (χ3n) is 3.11. The lowest BCUT2D eigenvalue weighted by Crippen LogP contribution is -2.10. The molecule has 1 amide bonds. The number of nitrogens with zero attached hydrogens (tertiary/aromatic N) is 1. The van der Waals surface area contributed by atoms with E-state index in [1.807, 2.05) is 5.38 Å². The first-order valence-electron chi connectivity index (χ1n) is 7.01. The van der Waals surface area contributed by atoms with E-state index in [9.17, 15) is 4.79 Å². The number of benzene rings is 1. The number of carbonyl (C=O) groups excluding carboxylic acids is 1. The fraction of sp³-hybridized carbons (Fsp3) is 0.375. The van der Waals surface area contributed by atoms with Crippen molar-refractivity contribution in [2.45, 2.75) is 39.5 Å². The van der Waals surface area contributed by atoms with Crippen LogP contribution in [0.3, 0.4) is 0 Å². The van der Waals surface area contributed by atoms with Crippen molar-refractivity contribution in [2.24, 2.45) is 0 Å². The number of hydrogen-bond donors (Lipinski definition) is 1. The molecule has 106 valence electrons. The third kappa shape index (κ3) is 4.17. The van der Waals surface area contributed by atoms with Crippen molar-refractivity contribution >= 4 is 22.4 Å². The highest BCUT2D eigenvalue weighted by atomic mass is 32.1. The van der Waals surface area contributed by atoms with Crippen LogP contribution in [-0.4, -0.2) is 10.9 Å². The Labute approximate surface area is 124 Å². The highest BCUT2D eigenvalue weighted by molar-refractivity contribution is 7.14. The molecule has 4 heteroatoms. The van der Waals surface area contributed by atoms with Crippen LogP contribution in [0, 0.1) is 6.92 Å². The van der Waals surface area contributed by atoms with Crippen LogP contribution in [0.2, 0.25) is 0 Å². The average molecular weight is 288 g/mol. The van der Waals surface area contributed by atoms with E-state index in [0.717, 1.165) is 30.5 Å². The van der Waals surface area contributed by atoms with Crippen LogP contribution >= 0.6 is 11.3 Å². The molecule has 3 nitrogen and oxygen atoms in total. The quantitative estimate of drug-likeness (QED) is 0.787. The minimum absolute atomic E-state index is 0.0586. The fourth-order valence-electron chi connectivity index (χ4n) is 1.91. The van der Waals surface area contributed by atoms with Gasteiger partial charge in [-0.05, 0) is 13.3 Å². The summed E-state index contributed by atoms with van der Waals surface area (Å²) in [5, 5.41) is 5.53. The zero-order chi connectivity index (χ0) is 14.4. The molecule has 1 N–H and O–H groups in total. The molecular weight excluding hydrogens is 268 g/mol.